The molecule has 1 fully saturated rings. The molecule has 0 saturated carbocycles. The van der Waals surface area contributed by atoms with E-state index >= 15 is 0 Å². The first-order chi connectivity index (χ1) is 9.08. The minimum Gasteiger partial charge on any atom is -0.444 e. The summed E-state index contributed by atoms with van der Waals surface area (Å²) in [6.45, 7) is 6.41. The zero-order valence-corrected chi connectivity index (χ0v) is 13.2. The van der Waals surface area contributed by atoms with Crippen molar-refractivity contribution < 1.29 is 26.9 Å². The molecule has 0 bridgehead atoms. The van der Waals surface area contributed by atoms with Crippen molar-refractivity contribution in [1.82, 2.24) is 4.90 Å². The lowest BCUT2D eigenvalue weighted by molar-refractivity contribution is 0.00570. The van der Waals surface area contributed by atoms with Crippen molar-refractivity contribution in [2.24, 2.45) is 0 Å². The number of carbonyl (C=O) groups is 1. The molecule has 0 aromatic heterocycles. The number of hydrogen-bond acceptors (Lipinski definition) is 6. The maximum Gasteiger partial charge on any atom is 0.410 e. The first-order valence-electron chi connectivity index (χ1n) is 6.50. The molecular formula is C12H23NO6S. The second kappa shape index (κ2) is 6.73. The van der Waals surface area contributed by atoms with Crippen molar-refractivity contribution in [2.45, 2.75) is 38.8 Å². The Morgan fingerprint density at radius 3 is 2.60 bits per heavy atom. The van der Waals surface area contributed by atoms with Gasteiger partial charge in [-0.1, -0.05) is 0 Å². The van der Waals surface area contributed by atoms with Gasteiger partial charge in [-0.3, -0.25) is 4.18 Å². The van der Waals surface area contributed by atoms with Crippen LogP contribution in [0.3, 0.4) is 0 Å². The normalized spacial score (nSPS) is 21.4. The summed E-state index contributed by atoms with van der Waals surface area (Å²) in [5.41, 5.74) is -0.605. The topological polar surface area (TPSA) is 82.1 Å². The lowest BCUT2D eigenvalue weighted by Crippen LogP contribution is -2.47. The van der Waals surface area contributed by atoms with E-state index < -0.39 is 27.9 Å². The van der Waals surface area contributed by atoms with Gasteiger partial charge in [0.1, 0.15) is 5.60 Å². The van der Waals surface area contributed by atoms with Crippen LogP contribution in [0.25, 0.3) is 0 Å². The van der Waals surface area contributed by atoms with E-state index in [1.165, 1.54) is 4.90 Å². The average Bonchev–Trinajstić information content (AvgIpc) is 2.47. The Hall–Kier alpha value is -0.860. The van der Waals surface area contributed by atoms with Gasteiger partial charge in [0.25, 0.3) is 10.1 Å². The van der Waals surface area contributed by atoms with Crippen LogP contribution in [0.2, 0.25) is 0 Å². The van der Waals surface area contributed by atoms with Gasteiger partial charge in [-0.05, 0) is 27.2 Å². The van der Waals surface area contributed by atoms with Gasteiger partial charge in [-0.15, -0.1) is 0 Å². The Kier molecular flexibility index (Phi) is 5.79. The number of hydrogen-bond donors (Lipinski definition) is 0. The number of ether oxygens (including phenoxy) is 2. The van der Waals surface area contributed by atoms with Gasteiger partial charge in [0.15, 0.2) is 0 Å². The third-order valence-corrected chi connectivity index (χ3v) is 3.11. The summed E-state index contributed by atoms with van der Waals surface area (Å²) in [5, 5.41) is 0. The van der Waals surface area contributed by atoms with Gasteiger partial charge in [0, 0.05) is 13.2 Å². The number of nitrogens with zero attached hydrogens (tertiary/aromatic N) is 1. The SMILES string of the molecule is CC(C)(C)OC(=O)N1CCCOC[C@@H]1COS(C)(=O)=O. The second-order valence-corrected chi connectivity index (χ2v) is 7.39. The van der Waals surface area contributed by atoms with Gasteiger partial charge in [0.05, 0.1) is 25.5 Å². The molecule has 0 N–H and O–H groups in total. The number of rotatable bonds is 3. The standard InChI is InChI=1S/C12H23NO6S/c1-12(2,3)19-11(14)13-6-5-7-17-8-10(13)9-18-20(4,15)16/h10H,5-9H2,1-4H3/t10-/m1/s1. The molecule has 0 spiro atoms. The van der Waals surface area contributed by atoms with Crippen LogP contribution in [0.5, 0.6) is 0 Å². The summed E-state index contributed by atoms with van der Waals surface area (Å²) in [6.07, 6.45) is 1.17. The molecule has 0 aromatic carbocycles. The third kappa shape index (κ3) is 6.53. The second-order valence-electron chi connectivity index (χ2n) is 5.74. The highest BCUT2D eigenvalue weighted by molar-refractivity contribution is 7.85. The lowest BCUT2D eigenvalue weighted by atomic mass is 10.2. The molecule has 1 amide bonds. The van der Waals surface area contributed by atoms with Crippen LogP contribution in [-0.4, -0.2) is 63.7 Å². The molecule has 0 aromatic rings. The summed E-state index contributed by atoms with van der Waals surface area (Å²) in [5.74, 6) is 0. The third-order valence-electron chi connectivity index (χ3n) is 2.54. The first-order valence-corrected chi connectivity index (χ1v) is 8.32. The minimum atomic E-state index is -3.55. The van der Waals surface area contributed by atoms with Gasteiger partial charge < -0.3 is 14.4 Å². The smallest absolute Gasteiger partial charge is 0.410 e. The van der Waals surface area contributed by atoms with Crippen LogP contribution in [0.1, 0.15) is 27.2 Å². The summed E-state index contributed by atoms with van der Waals surface area (Å²) >= 11 is 0. The highest BCUT2D eigenvalue weighted by Crippen LogP contribution is 2.15. The highest BCUT2D eigenvalue weighted by atomic mass is 32.2. The van der Waals surface area contributed by atoms with E-state index in [1.54, 1.807) is 20.8 Å². The summed E-state index contributed by atoms with van der Waals surface area (Å²) in [6, 6.07) is -0.470. The molecule has 1 rings (SSSR count). The molecule has 1 atom stereocenters. The van der Waals surface area contributed by atoms with Crippen LogP contribution in [0.15, 0.2) is 0 Å². The molecule has 20 heavy (non-hydrogen) atoms. The van der Waals surface area contributed by atoms with Crippen molar-refractivity contribution >= 4 is 16.2 Å². The minimum absolute atomic E-state index is 0.127. The summed E-state index contributed by atoms with van der Waals surface area (Å²) in [7, 11) is -3.55. The molecule has 118 valence electrons. The van der Waals surface area contributed by atoms with Crippen molar-refractivity contribution in [1.29, 1.82) is 0 Å². The van der Waals surface area contributed by atoms with E-state index in [0.29, 0.717) is 19.6 Å². The molecule has 1 saturated heterocycles. The molecule has 0 radical (unpaired) electrons. The molecule has 1 aliphatic rings. The van der Waals surface area contributed by atoms with Crippen LogP contribution in [0, 0.1) is 0 Å². The first kappa shape index (κ1) is 17.2. The molecule has 0 unspecified atom stereocenters. The predicted octanol–water partition coefficient (Wildman–Crippen LogP) is 0.989. The Morgan fingerprint density at radius 1 is 1.40 bits per heavy atom. The zero-order chi connectivity index (χ0) is 15.4. The van der Waals surface area contributed by atoms with Crippen LogP contribution < -0.4 is 0 Å². The molecule has 8 heteroatoms. The molecule has 7 nitrogen and oxygen atoms in total. The Balaban J connectivity index is 2.73. The van der Waals surface area contributed by atoms with Gasteiger partial charge >= 0.3 is 6.09 Å². The van der Waals surface area contributed by atoms with E-state index in [0.717, 1.165) is 6.26 Å². The monoisotopic (exact) mass is 309 g/mol. The largest absolute Gasteiger partial charge is 0.444 e. The fourth-order valence-corrected chi connectivity index (χ4v) is 2.13. The van der Waals surface area contributed by atoms with Gasteiger partial charge in [0.2, 0.25) is 0 Å². The van der Waals surface area contributed by atoms with Crippen molar-refractivity contribution in [2.75, 3.05) is 32.6 Å². The van der Waals surface area contributed by atoms with Crippen molar-refractivity contribution in [3.63, 3.8) is 0 Å². The van der Waals surface area contributed by atoms with E-state index in [9.17, 15) is 13.2 Å². The Bertz CT molecular complexity index is 428. The van der Waals surface area contributed by atoms with E-state index in [1.807, 2.05) is 0 Å². The summed E-state index contributed by atoms with van der Waals surface area (Å²) in [4.78, 5) is 13.6. The molecule has 0 aliphatic carbocycles. The fraction of sp³-hybridized carbons (Fsp3) is 0.917. The van der Waals surface area contributed by atoms with E-state index in [-0.39, 0.29) is 13.2 Å². The highest BCUT2D eigenvalue weighted by Gasteiger charge is 2.30. The van der Waals surface area contributed by atoms with Crippen molar-refractivity contribution in [3.05, 3.63) is 0 Å². The van der Waals surface area contributed by atoms with E-state index in [4.69, 9.17) is 13.7 Å². The average molecular weight is 309 g/mol. The quantitative estimate of drug-likeness (QED) is 0.723. The molecule has 1 aliphatic heterocycles. The van der Waals surface area contributed by atoms with Crippen LogP contribution in [-0.2, 0) is 23.8 Å². The lowest BCUT2D eigenvalue weighted by Gasteiger charge is -2.31. The van der Waals surface area contributed by atoms with Gasteiger partial charge in [-0.25, -0.2) is 4.79 Å². The predicted molar refractivity (Wildman–Crippen MR) is 73.0 cm³/mol. The molecular weight excluding hydrogens is 286 g/mol. The van der Waals surface area contributed by atoms with E-state index in [2.05, 4.69) is 0 Å². The molecule has 1 heterocycles. The van der Waals surface area contributed by atoms with Crippen molar-refractivity contribution in [3.8, 4) is 0 Å². The number of amides is 1. The maximum absolute atomic E-state index is 12.1. The maximum atomic E-state index is 12.1. The van der Waals surface area contributed by atoms with Crippen LogP contribution in [0.4, 0.5) is 4.79 Å². The fourth-order valence-electron chi connectivity index (χ4n) is 1.73. The van der Waals surface area contributed by atoms with Crippen LogP contribution >= 0.6 is 0 Å². The zero-order valence-electron chi connectivity index (χ0n) is 12.4. The number of carbonyl (C=O) groups excluding carboxylic acids is 1. The summed E-state index contributed by atoms with van der Waals surface area (Å²) < 4.78 is 37.6. The Morgan fingerprint density at radius 2 is 2.05 bits per heavy atom. The Labute approximate surface area is 120 Å². The van der Waals surface area contributed by atoms with Gasteiger partial charge in [-0.2, -0.15) is 8.42 Å².